The lowest BCUT2D eigenvalue weighted by Crippen LogP contribution is -3.13. The Bertz CT molecular complexity index is 787. The van der Waals surface area contributed by atoms with Crippen LogP contribution in [-0.2, 0) is 17.5 Å². The molecular formula is C20H22F3N2O2+. The van der Waals surface area contributed by atoms with Gasteiger partial charge >= 0.3 is 6.18 Å². The van der Waals surface area contributed by atoms with Crippen molar-refractivity contribution in [3.8, 4) is 5.75 Å². The summed E-state index contributed by atoms with van der Waals surface area (Å²) in [6.07, 6.45) is -2.31. The van der Waals surface area contributed by atoms with Crippen LogP contribution >= 0.6 is 0 Å². The first-order chi connectivity index (χ1) is 12.8. The van der Waals surface area contributed by atoms with Crippen molar-refractivity contribution < 1.29 is 27.6 Å². The molecule has 7 heteroatoms. The normalized spacial score (nSPS) is 15.3. The zero-order valence-electron chi connectivity index (χ0n) is 15.0. The molecule has 0 aromatic heterocycles. The van der Waals surface area contributed by atoms with Gasteiger partial charge in [-0.25, -0.2) is 0 Å². The van der Waals surface area contributed by atoms with Crippen LogP contribution in [0.25, 0.3) is 0 Å². The molecule has 2 N–H and O–H groups in total. The highest BCUT2D eigenvalue weighted by Crippen LogP contribution is 2.30. The molecule has 0 saturated heterocycles. The number of carbonyl (C=O) groups excluding carboxylic acids is 1. The van der Waals surface area contributed by atoms with Gasteiger partial charge in [-0.15, -0.1) is 0 Å². The maximum atomic E-state index is 12.8. The number of alkyl halides is 3. The van der Waals surface area contributed by atoms with Crippen molar-refractivity contribution in [1.29, 1.82) is 0 Å². The van der Waals surface area contributed by atoms with Crippen LogP contribution in [0.4, 0.5) is 18.9 Å². The van der Waals surface area contributed by atoms with Gasteiger partial charge in [0.15, 0.2) is 6.54 Å². The number of carbonyl (C=O) groups is 1. The third kappa shape index (κ3) is 5.47. The largest absolute Gasteiger partial charge is 0.497 e. The van der Waals surface area contributed by atoms with Gasteiger partial charge in [0.05, 0.1) is 18.7 Å². The number of methoxy groups -OCH3 is 1. The molecule has 144 valence electrons. The number of halogens is 3. The van der Waals surface area contributed by atoms with E-state index in [1.807, 2.05) is 24.3 Å². The number of hydrogen-bond donors (Lipinski definition) is 2. The number of anilines is 1. The van der Waals surface area contributed by atoms with E-state index in [9.17, 15) is 18.0 Å². The quantitative estimate of drug-likeness (QED) is 0.777. The topological polar surface area (TPSA) is 42.8 Å². The van der Waals surface area contributed by atoms with Crippen molar-refractivity contribution in [2.24, 2.45) is 0 Å². The summed E-state index contributed by atoms with van der Waals surface area (Å²) in [6, 6.07) is 12.8. The maximum absolute atomic E-state index is 12.8. The highest BCUT2D eigenvalue weighted by atomic mass is 19.4. The second-order valence-electron chi connectivity index (χ2n) is 6.76. The Kier molecular flexibility index (Phi) is 5.70. The number of amides is 1. The van der Waals surface area contributed by atoms with Crippen molar-refractivity contribution in [3.63, 3.8) is 0 Å². The molecule has 1 aliphatic rings. The van der Waals surface area contributed by atoms with Crippen molar-refractivity contribution >= 4 is 11.6 Å². The predicted octanol–water partition coefficient (Wildman–Crippen LogP) is 2.90. The number of hydrogen-bond acceptors (Lipinski definition) is 2. The van der Waals surface area contributed by atoms with Crippen molar-refractivity contribution in [3.05, 3.63) is 59.7 Å². The molecule has 27 heavy (non-hydrogen) atoms. The third-order valence-corrected chi connectivity index (χ3v) is 4.61. The number of rotatable bonds is 7. The van der Waals surface area contributed by atoms with Gasteiger partial charge in [-0.05, 0) is 42.5 Å². The average Bonchev–Trinajstić information content (AvgIpc) is 3.46. The number of benzene rings is 2. The lowest BCUT2D eigenvalue weighted by molar-refractivity contribution is -0.916. The van der Waals surface area contributed by atoms with E-state index in [0.29, 0.717) is 12.6 Å². The fourth-order valence-corrected chi connectivity index (χ4v) is 3.03. The van der Waals surface area contributed by atoms with Crippen LogP contribution in [0.2, 0.25) is 0 Å². The minimum absolute atomic E-state index is 0.161. The molecule has 0 aliphatic heterocycles. The molecule has 1 unspecified atom stereocenters. The molecule has 2 aromatic rings. The smallest absolute Gasteiger partial charge is 0.416 e. The zero-order valence-corrected chi connectivity index (χ0v) is 15.0. The molecule has 1 amide bonds. The SMILES string of the molecule is COc1ccc(C[NH+](CC(=O)Nc2cccc(C(F)(F)F)c2)C2CC2)cc1. The zero-order chi connectivity index (χ0) is 19.4. The van der Waals surface area contributed by atoms with Crippen molar-refractivity contribution in [2.45, 2.75) is 31.6 Å². The lowest BCUT2D eigenvalue weighted by Gasteiger charge is -2.19. The predicted molar refractivity (Wildman–Crippen MR) is 95.6 cm³/mol. The molecule has 0 spiro atoms. The number of nitrogens with one attached hydrogen (secondary N) is 2. The van der Waals surface area contributed by atoms with Gasteiger partial charge in [-0.3, -0.25) is 4.79 Å². The minimum atomic E-state index is -4.43. The van der Waals surface area contributed by atoms with Gasteiger partial charge in [0.25, 0.3) is 5.91 Å². The van der Waals surface area contributed by atoms with Gasteiger partial charge in [0.1, 0.15) is 12.3 Å². The van der Waals surface area contributed by atoms with Gasteiger partial charge in [0, 0.05) is 24.1 Å². The monoisotopic (exact) mass is 379 g/mol. The first-order valence-corrected chi connectivity index (χ1v) is 8.80. The van der Waals surface area contributed by atoms with Gasteiger partial charge in [0.2, 0.25) is 0 Å². The van der Waals surface area contributed by atoms with Crippen molar-refractivity contribution in [1.82, 2.24) is 0 Å². The van der Waals surface area contributed by atoms with Crippen LogP contribution in [0, 0.1) is 0 Å². The van der Waals surface area contributed by atoms with E-state index in [1.165, 1.54) is 12.1 Å². The molecule has 1 fully saturated rings. The Hall–Kier alpha value is -2.54. The Morgan fingerprint density at radius 2 is 1.89 bits per heavy atom. The van der Waals surface area contributed by atoms with Crippen LogP contribution in [0.15, 0.2) is 48.5 Å². The maximum Gasteiger partial charge on any atom is 0.416 e. The summed E-state index contributed by atoms with van der Waals surface area (Å²) in [5.41, 5.74) is 0.476. The van der Waals surface area contributed by atoms with Crippen molar-refractivity contribution in [2.75, 3.05) is 19.0 Å². The van der Waals surface area contributed by atoms with E-state index < -0.39 is 11.7 Å². The summed E-state index contributed by atoms with van der Waals surface area (Å²) in [4.78, 5) is 13.5. The van der Waals surface area contributed by atoms with Gasteiger partial charge < -0.3 is 15.0 Å². The van der Waals surface area contributed by atoms with Crippen LogP contribution in [0.3, 0.4) is 0 Å². The standard InChI is InChI=1S/C20H21F3N2O2/c1-27-18-9-5-14(6-10-18)12-25(17-7-8-17)13-19(26)24-16-4-2-3-15(11-16)20(21,22)23/h2-6,9-11,17H,7-8,12-13H2,1H3,(H,24,26)/p+1. The van der Waals surface area contributed by atoms with Crippen LogP contribution in [0.1, 0.15) is 24.0 Å². The number of ether oxygens (including phenoxy) is 1. The second-order valence-corrected chi connectivity index (χ2v) is 6.76. The van der Waals surface area contributed by atoms with E-state index >= 15 is 0 Å². The summed E-state index contributed by atoms with van der Waals surface area (Å²) in [5, 5.41) is 2.59. The minimum Gasteiger partial charge on any atom is -0.497 e. The highest BCUT2D eigenvalue weighted by molar-refractivity contribution is 5.91. The molecule has 4 nitrogen and oxygen atoms in total. The molecule has 1 saturated carbocycles. The van der Waals surface area contributed by atoms with E-state index in [4.69, 9.17) is 4.74 Å². The van der Waals surface area contributed by atoms with E-state index in [-0.39, 0.29) is 18.1 Å². The summed E-state index contributed by atoms with van der Waals surface area (Å²) in [5.74, 6) is 0.485. The summed E-state index contributed by atoms with van der Waals surface area (Å²) in [6.45, 7) is 0.900. The molecule has 0 heterocycles. The fraction of sp³-hybridized carbons (Fsp3) is 0.350. The Morgan fingerprint density at radius 1 is 1.19 bits per heavy atom. The number of quaternary nitrogens is 1. The van der Waals surface area contributed by atoms with E-state index in [2.05, 4.69) is 5.32 Å². The van der Waals surface area contributed by atoms with Crippen LogP contribution in [-0.4, -0.2) is 25.6 Å². The Morgan fingerprint density at radius 3 is 2.48 bits per heavy atom. The van der Waals surface area contributed by atoms with E-state index in [1.54, 1.807) is 7.11 Å². The molecule has 1 atom stereocenters. The summed E-state index contributed by atoms with van der Waals surface area (Å²) >= 11 is 0. The molecular weight excluding hydrogens is 357 g/mol. The first kappa shape index (κ1) is 19.2. The van der Waals surface area contributed by atoms with Gasteiger partial charge in [-0.1, -0.05) is 6.07 Å². The molecule has 2 aromatic carbocycles. The lowest BCUT2D eigenvalue weighted by atomic mass is 10.2. The molecule has 3 rings (SSSR count). The Balaban J connectivity index is 1.62. The van der Waals surface area contributed by atoms with E-state index in [0.717, 1.165) is 41.2 Å². The molecule has 1 aliphatic carbocycles. The summed E-state index contributed by atoms with van der Waals surface area (Å²) < 4.78 is 43.5. The van der Waals surface area contributed by atoms with Crippen LogP contribution < -0.4 is 15.0 Å². The molecule has 0 bridgehead atoms. The fourth-order valence-electron chi connectivity index (χ4n) is 3.03. The second kappa shape index (κ2) is 8.00. The Labute approximate surface area is 155 Å². The molecule has 0 radical (unpaired) electrons. The van der Waals surface area contributed by atoms with Gasteiger partial charge in [-0.2, -0.15) is 13.2 Å². The first-order valence-electron chi connectivity index (χ1n) is 8.80. The highest BCUT2D eigenvalue weighted by Gasteiger charge is 2.35. The van der Waals surface area contributed by atoms with Crippen LogP contribution in [0.5, 0.6) is 5.75 Å². The third-order valence-electron chi connectivity index (χ3n) is 4.61. The average molecular weight is 379 g/mol. The summed E-state index contributed by atoms with van der Waals surface area (Å²) in [7, 11) is 1.61.